The van der Waals surface area contributed by atoms with E-state index < -0.39 is 5.97 Å². The Bertz CT molecular complexity index is 885. The van der Waals surface area contributed by atoms with Gasteiger partial charge in [0.05, 0.1) is 11.6 Å². The van der Waals surface area contributed by atoms with Crippen LogP contribution < -0.4 is 0 Å². The van der Waals surface area contributed by atoms with Gasteiger partial charge in [0.15, 0.2) is 0 Å². The van der Waals surface area contributed by atoms with Crippen molar-refractivity contribution in [3.63, 3.8) is 0 Å². The van der Waals surface area contributed by atoms with E-state index in [0.29, 0.717) is 12.5 Å². The molecule has 1 unspecified atom stereocenters. The number of carbonyl (C=O) groups excluding carboxylic acids is 1. The summed E-state index contributed by atoms with van der Waals surface area (Å²) < 4.78 is 5.56. The van der Waals surface area contributed by atoms with Gasteiger partial charge >= 0.3 is 12.1 Å². The van der Waals surface area contributed by atoms with Crippen LogP contribution in [0.25, 0.3) is 0 Å². The molecular weight excluding hydrogens is 354 g/mol. The quantitative estimate of drug-likeness (QED) is 0.760. The number of aromatic carboxylic acids is 1. The van der Waals surface area contributed by atoms with Crippen LogP contribution in [0.2, 0.25) is 0 Å². The Labute approximate surface area is 164 Å². The molecule has 1 N–H and O–H groups in total. The maximum absolute atomic E-state index is 12.8. The Morgan fingerprint density at radius 3 is 2.39 bits per heavy atom. The average molecular weight is 377 g/mol. The SMILES string of the molecule is O=C(O)c1ccc(C2CC(C3CC3)=CCN2C(=O)OCc2ccccc2)cc1. The van der Waals surface area contributed by atoms with E-state index in [9.17, 15) is 9.59 Å². The van der Waals surface area contributed by atoms with Crippen molar-refractivity contribution >= 4 is 12.1 Å². The van der Waals surface area contributed by atoms with Crippen LogP contribution in [0.5, 0.6) is 0 Å². The largest absolute Gasteiger partial charge is 0.478 e. The minimum Gasteiger partial charge on any atom is -0.478 e. The summed E-state index contributed by atoms with van der Waals surface area (Å²) in [6, 6.07) is 16.3. The lowest BCUT2D eigenvalue weighted by Crippen LogP contribution is -2.38. The third kappa shape index (κ3) is 4.09. The molecule has 0 radical (unpaired) electrons. The second-order valence-corrected chi connectivity index (χ2v) is 7.39. The summed E-state index contributed by atoms with van der Waals surface area (Å²) >= 11 is 0. The van der Waals surface area contributed by atoms with Crippen LogP contribution in [0, 0.1) is 5.92 Å². The Morgan fingerprint density at radius 1 is 1.04 bits per heavy atom. The van der Waals surface area contributed by atoms with Gasteiger partial charge in [0, 0.05) is 6.54 Å². The van der Waals surface area contributed by atoms with E-state index >= 15 is 0 Å². The highest BCUT2D eigenvalue weighted by atomic mass is 16.6. The fourth-order valence-corrected chi connectivity index (χ4v) is 3.70. The van der Waals surface area contributed by atoms with Crippen molar-refractivity contribution in [3.05, 3.63) is 82.9 Å². The predicted octanol–water partition coefficient (Wildman–Crippen LogP) is 4.80. The number of carbonyl (C=O) groups is 2. The summed E-state index contributed by atoms with van der Waals surface area (Å²) in [7, 11) is 0. The molecule has 2 aliphatic rings. The molecule has 1 aliphatic carbocycles. The molecule has 2 aromatic rings. The van der Waals surface area contributed by atoms with Gasteiger partial charge < -0.3 is 9.84 Å². The molecule has 1 aliphatic heterocycles. The number of amides is 1. The first-order valence-corrected chi connectivity index (χ1v) is 9.61. The third-order valence-electron chi connectivity index (χ3n) is 5.44. The van der Waals surface area contributed by atoms with Gasteiger partial charge in [0.2, 0.25) is 0 Å². The van der Waals surface area contributed by atoms with Crippen molar-refractivity contribution in [2.24, 2.45) is 5.92 Å². The first-order valence-electron chi connectivity index (χ1n) is 9.61. The van der Waals surface area contributed by atoms with Crippen LogP contribution in [0.1, 0.15) is 46.8 Å². The molecule has 0 aromatic heterocycles. The highest BCUT2D eigenvalue weighted by molar-refractivity contribution is 5.87. The maximum Gasteiger partial charge on any atom is 0.410 e. The van der Waals surface area contributed by atoms with E-state index in [-0.39, 0.29) is 24.3 Å². The van der Waals surface area contributed by atoms with Gasteiger partial charge in [-0.05, 0) is 48.4 Å². The van der Waals surface area contributed by atoms with Crippen LogP contribution in [0.4, 0.5) is 4.79 Å². The van der Waals surface area contributed by atoms with Crippen LogP contribution in [-0.2, 0) is 11.3 Å². The number of carboxylic acids is 1. The Kier molecular flexibility index (Phi) is 5.15. The number of nitrogens with zero attached hydrogens (tertiary/aromatic N) is 1. The zero-order valence-electron chi connectivity index (χ0n) is 15.6. The van der Waals surface area contributed by atoms with Gasteiger partial charge in [0.25, 0.3) is 0 Å². The van der Waals surface area contributed by atoms with Gasteiger partial charge in [-0.3, -0.25) is 4.90 Å². The van der Waals surface area contributed by atoms with Crippen molar-refractivity contribution in [3.8, 4) is 0 Å². The van der Waals surface area contributed by atoms with E-state index in [1.54, 1.807) is 29.2 Å². The fraction of sp³-hybridized carbons (Fsp3) is 0.304. The van der Waals surface area contributed by atoms with Gasteiger partial charge in [-0.25, -0.2) is 9.59 Å². The third-order valence-corrected chi connectivity index (χ3v) is 5.44. The Balaban J connectivity index is 1.52. The first-order chi connectivity index (χ1) is 13.6. The Morgan fingerprint density at radius 2 is 1.75 bits per heavy atom. The molecular formula is C23H23NO4. The lowest BCUT2D eigenvalue weighted by atomic mass is 9.91. The van der Waals surface area contributed by atoms with Crippen LogP contribution in [-0.4, -0.2) is 28.6 Å². The van der Waals surface area contributed by atoms with Crippen molar-refractivity contribution in [2.45, 2.75) is 31.9 Å². The maximum atomic E-state index is 12.8. The van der Waals surface area contributed by atoms with Gasteiger partial charge in [-0.15, -0.1) is 0 Å². The number of benzene rings is 2. The summed E-state index contributed by atoms with van der Waals surface area (Å²) in [5.41, 5.74) is 3.53. The summed E-state index contributed by atoms with van der Waals surface area (Å²) in [6.45, 7) is 0.755. The molecule has 28 heavy (non-hydrogen) atoms. The molecule has 4 rings (SSSR count). The number of carboxylic acid groups (broad SMARTS) is 1. The normalized spacial score (nSPS) is 19.1. The van der Waals surface area contributed by atoms with E-state index in [2.05, 4.69) is 6.08 Å². The number of hydrogen-bond acceptors (Lipinski definition) is 3. The van der Waals surface area contributed by atoms with Gasteiger partial charge in [-0.1, -0.05) is 54.1 Å². The second-order valence-electron chi connectivity index (χ2n) is 7.39. The van der Waals surface area contributed by atoms with Crippen molar-refractivity contribution in [2.75, 3.05) is 6.54 Å². The second kappa shape index (κ2) is 7.89. The van der Waals surface area contributed by atoms with E-state index in [0.717, 1.165) is 17.5 Å². The van der Waals surface area contributed by atoms with Gasteiger partial charge in [-0.2, -0.15) is 0 Å². The summed E-state index contributed by atoms with van der Waals surface area (Å²) in [5.74, 6) is -0.309. The van der Waals surface area contributed by atoms with Crippen LogP contribution >= 0.6 is 0 Å². The monoisotopic (exact) mass is 377 g/mol. The molecule has 1 heterocycles. The summed E-state index contributed by atoms with van der Waals surface area (Å²) in [4.78, 5) is 25.7. The zero-order valence-corrected chi connectivity index (χ0v) is 15.6. The zero-order chi connectivity index (χ0) is 19.5. The highest BCUT2D eigenvalue weighted by Gasteiger charge is 2.35. The molecule has 1 fully saturated rings. The fourth-order valence-electron chi connectivity index (χ4n) is 3.70. The molecule has 1 atom stereocenters. The smallest absolute Gasteiger partial charge is 0.410 e. The molecule has 0 spiro atoms. The average Bonchev–Trinajstić information content (AvgIpc) is 3.58. The molecule has 1 saturated carbocycles. The lowest BCUT2D eigenvalue weighted by Gasteiger charge is -2.35. The molecule has 5 heteroatoms. The molecule has 2 aromatic carbocycles. The Hall–Kier alpha value is -3.08. The van der Waals surface area contributed by atoms with Crippen LogP contribution in [0.3, 0.4) is 0 Å². The minimum atomic E-state index is -0.951. The van der Waals surface area contributed by atoms with Crippen molar-refractivity contribution in [1.82, 2.24) is 4.90 Å². The number of ether oxygens (including phenoxy) is 1. The summed E-state index contributed by atoms with van der Waals surface area (Å²) in [6.07, 6.45) is 5.02. The molecule has 0 saturated heterocycles. The van der Waals surface area contributed by atoms with Crippen molar-refractivity contribution in [1.29, 1.82) is 0 Å². The predicted molar refractivity (Wildman–Crippen MR) is 105 cm³/mol. The highest BCUT2D eigenvalue weighted by Crippen LogP contribution is 2.44. The number of hydrogen-bond donors (Lipinski definition) is 1. The van der Waals surface area contributed by atoms with E-state index in [4.69, 9.17) is 9.84 Å². The topological polar surface area (TPSA) is 66.8 Å². The standard InChI is InChI=1S/C23H23NO4/c25-22(26)19-10-8-18(9-11-19)21-14-20(17-6-7-17)12-13-24(21)23(27)28-15-16-4-2-1-3-5-16/h1-5,8-12,17,21H,6-7,13-15H2,(H,25,26). The number of rotatable bonds is 5. The van der Waals surface area contributed by atoms with Gasteiger partial charge in [0.1, 0.15) is 6.61 Å². The molecule has 0 bridgehead atoms. The minimum absolute atomic E-state index is 0.133. The lowest BCUT2D eigenvalue weighted by molar-refractivity contribution is 0.0695. The van der Waals surface area contributed by atoms with Crippen molar-refractivity contribution < 1.29 is 19.4 Å². The molecule has 1 amide bonds. The molecule has 144 valence electrons. The van der Waals surface area contributed by atoms with E-state index in [1.165, 1.54) is 18.4 Å². The van der Waals surface area contributed by atoms with E-state index in [1.807, 2.05) is 30.3 Å². The molecule has 5 nitrogen and oxygen atoms in total. The van der Waals surface area contributed by atoms with Crippen LogP contribution in [0.15, 0.2) is 66.2 Å². The summed E-state index contributed by atoms with van der Waals surface area (Å²) in [5, 5.41) is 9.13. The first kappa shape index (κ1) is 18.3.